The Morgan fingerprint density at radius 3 is 2.27 bits per heavy atom. The minimum absolute atomic E-state index is 0.396. The first-order valence-corrected chi connectivity index (χ1v) is 6.44. The van der Waals surface area contributed by atoms with Gasteiger partial charge < -0.3 is 11.1 Å². The van der Waals surface area contributed by atoms with Crippen LogP contribution in [0.2, 0.25) is 0 Å². The normalized spacial score (nSPS) is 28.0. The molecule has 2 heteroatoms. The molecule has 90 valence electrons. The summed E-state index contributed by atoms with van der Waals surface area (Å²) < 4.78 is 0. The van der Waals surface area contributed by atoms with E-state index >= 15 is 0 Å². The molecule has 0 spiro atoms. The summed E-state index contributed by atoms with van der Waals surface area (Å²) in [4.78, 5) is 0. The standard InChI is InChI=1S/C13H28N2/c1-13(2,3)10-15-9-12-7-5-4-6-11(12)8-14/h11-12,15H,4-10,14H2,1-3H3. The van der Waals surface area contributed by atoms with Crippen LogP contribution in [0.4, 0.5) is 0 Å². The third-order valence-corrected chi connectivity index (χ3v) is 3.43. The first-order valence-electron chi connectivity index (χ1n) is 6.44. The average molecular weight is 212 g/mol. The van der Waals surface area contributed by atoms with E-state index < -0.39 is 0 Å². The molecule has 15 heavy (non-hydrogen) atoms. The lowest BCUT2D eigenvalue weighted by Gasteiger charge is -2.31. The summed E-state index contributed by atoms with van der Waals surface area (Å²) in [6.07, 6.45) is 5.51. The van der Waals surface area contributed by atoms with Gasteiger partial charge in [0.2, 0.25) is 0 Å². The van der Waals surface area contributed by atoms with E-state index in [9.17, 15) is 0 Å². The highest BCUT2D eigenvalue weighted by Crippen LogP contribution is 2.28. The molecule has 2 unspecified atom stereocenters. The number of hydrogen-bond acceptors (Lipinski definition) is 2. The lowest BCUT2D eigenvalue weighted by molar-refractivity contribution is 0.227. The van der Waals surface area contributed by atoms with Crippen LogP contribution in [0.5, 0.6) is 0 Å². The van der Waals surface area contributed by atoms with Gasteiger partial charge in [-0.3, -0.25) is 0 Å². The van der Waals surface area contributed by atoms with Crippen molar-refractivity contribution >= 4 is 0 Å². The van der Waals surface area contributed by atoms with Crippen molar-refractivity contribution in [3.63, 3.8) is 0 Å². The van der Waals surface area contributed by atoms with Gasteiger partial charge >= 0.3 is 0 Å². The average Bonchev–Trinajstić information content (AvgIpc) is 2.16. The molecule has 0 saturated heterocycles. The number of rotatable bonds is 4. The largest absolute Gasteiger partial charge is 0.330 e. The highest BCUT2D eigenvalue weighted by molar-refractivity contribution is 4.78. The lowest BCUT2D eigenvalue weighted by atomic mass is 9.79. The number of hydrogen-bond donors (Lipinski definition) is 2. The highest BCUT2D eigenvalue weighted by atomic mass is 14.9. The molecule has 0 heterocycles. The maximum atomic E-state index is 5.82. The van der Waals surface area contributed by atoms with Crippen LogP contribution < -0.4 is 11.1 Å². The second-order valence-electron chi connectivity index (χ2n) is 6.23. The molecule has 1 saturated carbocycles. The van der Waals surface area contributed by atoms with Gasteiger partial charge in [0.25, 0.3) is 0 Å². The second-order valence-corrected chi connectivity index (χ2v) is 6.23. The summed E-state index contributed by atoms with van der Waals surface area (Å²) in [5, 5.41) is 3.60. The van der Waals surface area contributed by atoms with Crippen LogP contribution in [0.3, 0.4) is 0 Å². The van der Waals surface area contributed by atoms with Crippen LogP contribution in [0.1, 0.15) is 46.5 Å². The van der Waals surface area contributed by atoms with Crippen molar-refractivity contribution in [2.24, 2.45) is 23.0 Å². The highest BCUT2D eigenvalue weighted by Gasteiger charge is 2.23. The van der Waals surface area contributed by atoms with Crippen molar-refractivity contribution in [2.75, 3.05) is 19.6 Å². The molecule has 0 aromatic heterocycles. The van der Waals surface area contributed by atoms with Crippen molar-refractivity contribution in [3.8, 4) is 0 Å². The zero-order valence-electron chi connectivity index (χ0n) is 10.7. The van der Waals surface area contributed by atoms with Gasteiger partial charge in [-0.05, 0) is 49.7 Å². The zero-order valence-corrected chi connectivity index (χ0v) is 10.7. The second kappa shape index (κ2) is 5.86. The van der Waals surface area contributed by atoms with E-state index in [1.807, 2.05) is 0 Å². The quantitative estimate of drug-likeness (QED) is 0.751. The summed E-state index contributed by atoms with van der Waals surface area (Å²) in [5.74, 6) is 1.59. The Morgan fingerprint density at radius 1 is 1.13 bits per heavy atom. The van der Waals surface area contributed by atoms with Gasteiger partial charge in [-0.25, -0.2) is 0 Å². The Hall–Kier alpha value is -0.0800. The predicted molar refractivity (Wildman–Crippen MR) is 66.8 cm³/mol. The fraction of sp³-hybridized carbons (Fsp3) is 1.00. The molecule has 0 radical (unpaired) electrons. The Kier molecular flexibility index (Phi) is 5.07. The monoisotopic (exact) mass is 212 g/mol. The molecule has 1 aliphatic rings. The van der Waals surface area contributed by atoms with Gasteiger partial charge in [0, 0.05) is 0 Å². The lowest BCUT2D eigenvalue weighted by Crippen LogP contribution is -2.37. The summed E-state index contributed by atoms with van der Waals surface area (Å²) >= 11 is 0. The summed E-state index contributed by atoms with van der Waals surface area (Å²) in [6.45, 7) is 9.99. The Labute approximate surface area is 95.0 Å². The van der Waals surface area contributed by atoms with Crippen molar-refractivity contribution in [2.45, 2.75) is 46.5 Å². The molecule has 2 atom stereocenters. The first kappa shape index (κ1) is 13.0. The van der Waals surface area contributed by atoms with Crippen molar-refractivity contribution in [3.05, 3.63) is 0 Å². The van der Waals surface area contributed by atoms with Crippen molar-refractivity contribution < 1.29 is 0 Å². The van der Waals surface area contributed by atoms with Crippen LogP contribution in [-0.4, -0.2) is 19.6 Å². The van der Waals surface area contributed by atoms with Crippen LogP contribution in [0.15, 0.2) is 0 Å². The Bertz CT molecular complexity index is 172. The fourth-order valence-corrected chi connectivity index (χ4v) is 2.50. The van der Waals surface area contributed by atoms with Crippen LogP contribution >= 0.6 is 0 Å². The van der Waals surface area contributed by atoms with Gasteiger partial charge in [0.1, 0.15) is 0 Å². The summed E-state index contributed by atoms with van der Waals surface area (Å²) in [5.41, 5.74) is 6.22. The molecule has 3 N–H and O–H groups in total. The molecule has 1 aliphatic carbocycles. The van der Waals surface area contributed by atoms with E-state index in [1.165, 1.54) is 32.2 Å². The Morgan fingerprint density at radius 2 is 1.73 bits per heavy atom. The maximum Gasteiger partial charge on any atom is -0.000000738 e. The van der Waals surface area contributed by atoms with Gasteiger partial charge in [0.15, 0.2) is 0 Å². The molecule has 1 fully saturated rings. The van der Waals surface area contributed by atoms with Gasteiger partial charge in [-0.15, -0.1) is 0 Å². The third kappa shape index (κ3) is 4.98. The summed E-state index contributed by atoms with van der Waals surface area (Å²) in [7, 11) is 0. The predicted octanol–water partition coefficient (Wildman–Crippen LogP) is 2.39. The van der Waals surface area contributed by atoms with E-state index in [2.05, 4.69) is 26.1 Å². The zero-order chi connectivity index (χ0) is 11.3. The maximum absolute atomic E-state index is 5.82. The van der Waals surface area contributed by atoms with E-state index in [1.54, 1.807) is 0 Å². The van der Waals surface area contributed by atoms with Gasteiger partial charge in [-0.1, -0.05) is 33.6 Å². The van der Waals surface area contributed by atoms with E-state index in [0.29, 0.717) is 5.41 Å². The minimum Gasteiger partial charge on any atom is -0.330 e. The summed E-state index contributed by atoms with van der Waals surface area (Å²) in [6, 6.07) is 0. The fourth-order valence-electron chi connectivity index (χ4n) is 2.50. The van der Waals surface area contributed by atoms with E-state index in [4.69, 9.17) is 5.73 Å². The number of nitrogens with one attached hydrogen (secondary N) is 1. The minimum atomic E-state index is 0.396. The number of nitrogens with two attached hydrogens (primary N) is 1. The Balaban J connectivity index is 2.23. The molecule has 0 aromatic rings. The van der Waals surface area contributed by atoms with E-state index in [0.717, 1.165) is 24.9 Å². The smallest absolute Gasteiger partial charge is 0.000000738 e. The molecular formula is C13H28N2. The van der Waals surface area contributed by atoms with Gasteiger partial charge in [-0.2, -0.15) is 0 Å². The van der Waals surface area contributed by atoms with Crippen LogP contribution in [-0.2, 0) is 0 Å². The molecule has 0 bridgehead atoms. The van der Waals surface area contributed by atoms with Crippen LogP contribution in [0, 0.1) is 17.3 Å². The van der Waals surface area contributed by atoms with E-state index in [-0.39, 0.29) is 0 Å². The molecule has 1 rings (SSSR count). The van der Waals surface area contributed by atoms with Crippen molar-refractivity contribution in [1.82, 2.24) is 5.32 Å². The first-order chi connectivity index (χ1) is 7.03. The van der Waals surface area contributed by atoms with Gasteiger partial charge in [0.05, 0.1) is 0 Å². The third-order valence-electron chi connectivity index (χ3n) is 3.43. The van der Waals surface area contributed by atoms with Crippen LogP contribution in [0.25, 0.3) is 0 Å². The molecular weight excluding hydrogens is 184 g/mol. The molecule has 0 aromatic carbocycles. The molecule has 0 amide bonds. The molecule has 2 nitrogen and oxygen atoms in total. The topological polar surface area (TPSA) is 38.0 Å². The SMILES string of the molecule is CC(C)(C)CNCC1CCCCC1CN. The molecule has 0 aliphatic heterocycles. The van der Waals surface area contributed by atoms with Crippen molar-refractivity contribution in [1.29, 1.82) is 0 Å².